The molecule has 1 amide bonds. The van der Waals surface area contributed by atoms with Crippen molar-refractivity contribution in [1.82, 2.24) is 5.32 Å². The molecule has 0 aliphatic rings. The largest absolute Gasteiger partial charge is 0.480 e. The lowest BCUT2D eigenvalue weighted by atomic mass is 10.1. The Balaban J connectivity index is 2.54. The first-order chi connectivity index (χ1) is 7.65. The monoisotopic (exact) mass is 242 g/mol. The number of rotatable bonds is 6. The van der Waals surface area contributed by atoms with Gasteiger partial charge in [-0.15, -0.1) is 11.3 Å². The van der Waals surface area contributed by atoms with Gasteiger partial charge in [-0.2, -0.15) is 0 Å². The third kappa shape index (κ3) is 3.63. The highest BCUT2D eigenvalue weighted by atomic mass is 32.1. The highest BCUT2D eigenvalue weighted by Gasteiger charge is 2.20. The van der Waals surface area contributed by atoms with Gasteiger partial charge in [-0.25, -0.2) is 4.79 Å². The highest BCUT2D eigenvalue weighted by molar-refractivity contribution is 7.12. The Morgan fingerprint density at radius 2 is 2.31 bits per heavy atom. The molecule has 6 heteroatoms. The van der Waals surface area contributed by atoms with E-state index in [1.807, 2.05) is 0 Å². The zero-order valence-electron chi connectivity index (χ0n) is 8.68. The Hall–Kier alpha value is -1.40. The summed E-state index contributed by atoms with van der Waals surface area (Å²) in [5.74, 6) is -1.38. The van der Waals surface area contributed by atoms with Crippen LogP contribution in [0, 0.1) is 0 Å². The molecule has 0 saturated heterocycles. The summed E-state index contributed by atoms with van der Waals surface area (Å²) in [7, 11) is 0. The van der Waals surface area contributed by atoms with Gasteiger partial charge in [0, 0.05) is 0 Å². The fraction of sp³-hybridized carbons (Fsp3) is 0.400. The highest BCUT2D eigenvalue weighted by Crippen LogP contribution is 2.09. The molecule has 0 radical (unpaired) electrons. The molecule has 0 aliphatic heterocycles. The summed E-state index contributed by atoms with van der Waals surface area (Å²) < 4.78 is 0. The van der Waals surface area contributed by atoms with Gasteiger partial charge in [0.15, 0.2) is 0 Å². The minimum Gasteiger partial charge on any atom is -0.480 e. The first-order valence-electron chi connectivity index (χ1n) is 4.92. The summed E-state index contributed by atoms with van der Waals surface area (Å²) in [4.78, 5) is 23.0. The van der Waals surface area contributed by atoms with Crippen molar-refractivity contribution in [3.05, 3.63) is 22.4 Å². The maximum atomic E-state index is 11.6. The first kappa shape index (κ1) is 12.7. The Bertz CT molecular complexity index is 351. The van der Waals surface area contributed by atoms with Crippen LogP contribution in [0.4, 0.5) is 0 Å². The van der Waals surface area contributed by atoms with Crippen LogP contribution in [0.5, 0.6) is 0 Å². The fourth-order valence-corrected chi connectivity index (χ4v) is 1.84. The van der Waals surface area contributed by atoms with E-state index in [2.05, 4.69) is 5.32 Å². The van der Waals surface area contributed by atoms with E-state index < -0.39 is 12.0 Å². The number of amides is 1. The zero-order chi connectivity index (χ0) is 12.0. The lowest BCUT2D eigenvalue weighted by Gasteiger charge is -2.13. The number of thiophene rings is 1. The molecule has 16 heavy (non-hydrogen) atoms. The number of aliphatic carboxylic acids is 1. The van der Waals surface area contributed by atoms with Gasteiger partial charge in [-0.1, -0.05) is 6.07 Å². The molecule has 0 aromatic carbocycles. The van der Waals surface area contributed by atoms with Crippen molar-refractivity contribution in [1.29, 1.82) is 0 Å². The first-order valence-corrected chi connectivity index (χ1v) is 5.80. The summed E-state index contributed by atoms with van der Waals surface area (Å²) in [5, 5.41) is 13.1. The molecule has 0 aliphatic carbocycles. The number of carbonyl (C=O) groups excluding carboxylic acids is 1. The van der Waals surface area contributed by atoms with E-state index in [9.17, 15) is 9.59 Å². The quantitative estimate of drug-likeness (QED) is 0.683. The standard InChI is InChI=1S/C10H14N2O3S/c11-5-1-3-7(10(14)15)12-9(13)8-4-2-6-16-8/h2,4,6-7H,1,3,5,11H2,(H,12,13)(H,14,15). The van der Waals surface area contributed by atoms with Crippen LogP contribution in [0.3, 0.4) is 0 Å². The van der Waals surface area contributed by atoms with E-state index in [0.29, 0.717) is 24.3 Å². The predicted octanol–water partition coefficient (Wildman–Crippen LogP) is 0.670. The van der Waals surface area contributed by atoms with Crippen LogP contribution in [-0.4, -0.2) is 29.6 Å². The lowest BCUT2D eigenvalue weighted by Crippen LogP contribution is -2.40. The molecular formula is C10H14N2O3S. The maximum absolute atomic E-state index is 11.6. The average Bonchev–Trinajstić information content (AvgIpc) is 2.76. The Labute approximate surface area is 97.3 Å². The van der Waals surface area contributed by atoms with E-state index in [4.69, 9.17) is 10.8 Å². The number of hydrogen-bond acceptors (Lipinski definition) is 4. The van der Waals surface area contributed by atoms with Gasteiger partial charge in [0.05, 0.1) is 4.88 Å². The fourth-order valence-electron chi connectivity index (χ4n) is 1.22. The molecule has 1 unspecified atom stereocenters. The molecule has 0 saturated carbocycles. The summed E-state index contributed by atoms with van der Waals surface area (Å²) in [5.41, 5.74) is 5.30. The minimum absolute atomic E-state index is 0.348. The second kappa shape index (κ2) is 6.24. The van der Waals surface area contributed by atoms with Gasteiger partial charge in [0.1, 0.15) is 6.04 Å². The molecule has 1 atom stereocenters. The third-order valence-corrected chi connectivity index (χ3v) is 2.91. The Kier molecular flexibility index (Phi) is 4.94. The van der Waals surface area contributed by atoms with Crippen LogP contribution in [0.25, 0.3) is 0 Å². The molecule has 4 N–H and O–H groups in total. The topological polar surface area (TPSA) is 92.4 Å². The van der Waals surface area contributed by atoms with Crippen molar-refractivity contribution in [2.24, 2.45) is 5.73 Å². The van der Waals surface area contributed by atoms with Gasteiger partial charge in [0.2, 0.25) is 0 Å². The van der Waals surface area contributed by atoms with Crippen molar-refractivity contribution >= 4 is 23.2 Å². The number of carboxylic acids is 1. The van der Waals surface area contributed by atoms with Crippen LogP contribution in [0.2, 0.25) is 0 Å². The molecule has 1 heterocycles. The van der Waals surface area contributed by atoms with Crippen LogP contribution in [-0.2, 0) is 4.79 Å². The maximum Gasteiger partial charge on any atom is 0.326 e. The normalized spacial score (nSPS) is 12.1. The third-order valence-electron chi connectivity index (χ3n) is 2.05. The van der Waals surface area contributed by atoms with Crippen molar-refractivity contribution in [2.45, 2.75) is 18.9 Å². The van der Waals surface area contributed by atoms with Gasteiger partial charge in [-0.3, -0.25) is 4.79 Å². The van der Waals surface area contributed by atoms with Crippen LogP contribution in [0.1, 0.15) is 22.5 Å². The van der Waals surface area contributed by atoms with E-state index in [1.54, 1.807) is 17.5 Å². The zero-order valence-corrected chi connectivity index (χ0v) is 9.50. The van der Waals surface area contributed by atoms with Gasteiger partial charge >= 0.3 is 5.97 Å². The van der Waals surface area contributed by atoms with Gasteiger partial charge in [-0.05, 0) is 30.8 Å². The minimum atomic E-state index is -1.03. The predicted molar refractivity (Wildman–Crippen MR) is 61.5 cm³/mol. The molecule has 0 spiro atoms. The van der Waals surface area contributed by atoms with Crippen molar-refractivity contribution in [3.8, 4) is 0 Å². The van der Waals surface area contributed by atoms with Crippen molar-refractivity contribution in [2.75, 3.05) is 6.54 Å². The summed E-state index contributed by atoms with van der Waals surface area (Å²) in [6.07, 6.45) is 0.921. The van der Waals surface area contributed by atoms with E-state index >= 15 is 0 Å². The Morgan fingerprint density at radius 1 is 1.56 bits per heavy atom. The molecule has 1 aromatic rings. The molecule has 0 fully saturated rings. The molecule has 1 rings (SSSR count). The molecule has 0 bridgehead atoms. The second-order valence-corrected chi connectivity index (χ2v) is 4.22. The number of carbonyl (C=O) groups is 2. The van der Waals surface area contributed by atoms with Crippen LogP contribution in [0.15, 0.2) is 17.5 Å². The summed E-state index contributed by atoms with van der Waals surface area (Å²) >= 11 is 1.28. The number of carboxylic acid groups (broad SMARTS) is 1. The number of hydrogen-bond donors (Lipinski definition) is 3. The summed E-state index contributed by atoms with van der Waals surface area (Å²) in [6.45, 7) is 0.415. The number of nitrogens with one attached hydrogen (secondary N) is 1. The van der Waals surface area contributed by atoms with Gasteiger partial charge < -0.3 is 16.2 Å². The summed E-state index contributed by atoms with van der Waals surface area (Å²) in [6, 6.07) is 2.54. The van der Waals surface area contributed by atoms with Gasteiger partial charge in [0.25, 0.3) is 5.91 Å². The lowest BCUT2D eigenvalue weighted by molar-refractivity contribution is -0.139. The molecule has 5 nitrogen and oxygen atoms in total. The van der Waals surface area contributed by atoms with E-state index in [0.717, 1.165) is 0 Å². The molecular weight excluding hydrogens is 228 g/mol. The number of nitrogens with two attached hydrogens (primary N) is 1. The van der Waals surface area contributed by atoms with Crippen LogP contribution >= 0.6 is 11.3 Å². The molecule has 1 aromatic heterocycles. The average molecular weight is 242 g/mol. The SMILES string of the molecule is NCCCC(NC(=O)c1cccs1)C(=O)O. The second-order valence-electron chi connectivity index (χ2n) is 3.27. The van der Waals surface area contributed by atoms with Crippen molar-refractivity contribution < 1.29 is 14.7 Å². The Morgan fingerprint density at radius 3 is 2.81 bits per heavy atom. The van der Waals surface area contributed by atoms with Crippen LogP contribution < -0.4 is 11.1 Å². The van der Waals surface area contributed by atoms with Crippen molar-refractivity contribution in [3.63, 3.8) is 0 Å². The molecule has 88 valence electrons. The van der Waals surface area contributed by atoms with E-state index in [1.165, 1.54) is 11.3 Å². The van der Waals surface area contributed by atoms with E-state index in [-0.39, 0.29) is 5.91 Å². The smallest absolute Gasteiger partial charge is 0.326 e.